The van der Waals surface area contributed by atoms with Gasteiger partial charge < -0.3 is 21.3 Å². The van der Waals surface area contributed by atoms with E-state index in [1.807, 2.05) is 13.0 Å². The molecule has 4 rings (SSSR count). The molecule has 0 spiro atoms. The lowest BCUT2D eigenvalue weighted by Gasteiger charge is -2.34. The number of fused-ring (bicyclic) bond motifs is 1. The molecule has 1 saturated carbocycles. The van der Waals surface area contributed by atoms with Crippen molar-refractivity contribution in [2.45, 2.75) is 19.4 Å². The summed E-state index contributed by atoms with van der Waals surface area (Å²) in [5.41, 5.74) is 7.44. The molecule has 1 aliphatic carbocycles. The molecule has 2 heterocycles. The van der Waals surface area contributed by atoms with Gasteiger partial charge in [0.2, 0.25) is 11.8 Å². The molecule has 1 aromatic heterocycles. The predicted octanol–water partition coefficient (Wildman–Crippen LogP) is 1.24. The van der Waals surface area contributed by atoms with Crippen LogP contribution in [-0.2, 0) is 9.59 Å². The van der Waals surface area contributed by atoms with Crippen molar-refractivity contribution in [1.82, 2.24) is 10.3 Å². The van der Waals surface area contributed by atoms with Crippen molar-refractivity contribution in [3.63, 3.8) is 0 Å². The zero-order chi connectivity index (χ0) is 19.1. The highest BCUT2D eigenvalue weighted by atomic mass is 16.2. The number of rotatable bonds is 3. The van der Waals surface area contributed by atoms with Crippen LogP contribution in [0, 0.1) is 23.2 Å². The number of hydrogen-bond donors (Lipinski definition) is 3. The van der Waals surface area contributed by atoms with Crippen LogP contribution >= 0.6 is 0 Å². The number of carbonyl (C=O) groups excluding carboxylic acids is 2. The summed E-state index contributed by atoms with van der Waals surface area (Å²) < 4.78 is 0. The van der Waals surface area contributed by atoms with Crippen LogP contribution in [0.1, 0.15) is 13.3 Å². The van der Waals surface area contributed by atoms with Crippen molar-refractivity contribution in [3.8, 4) is 6.07 Å². The van der Waals surface area contributed by atoms with E-state index in [9.17, 15) is 9.59 Å². The molecule has 2 amide bonds. The fourth-order valence-corrected chi connectivity index (χ4v) is 3.53. The molecule has 1 unspecified atom stereocenters. The first kappa shape index (κ1) is 17.2. The van der Waals surface area contributed by atoms with Gasteiger partial charge in [-0.05, 0) is 36.9 Å². The van der Waals surface area contributed by atoms with Crippen LogP contribution < -0.4 is 21.3 Å². The smallest absolute Gasteiger partial charge is 0.241 e. The fraction of sp³-hybridized carbons (Fsp3) is 0.368. The number of pyridine rings is 1. The van der Waals surface area contributed by atoms with Crippen LogP contribution in [-0.4, -0.2) is 35.9 Å². The second-order valence-electron chi connectivity index (χ2n) is 7.14. The van der Waals surface area contributed by atoms with Crippen molar-refractivity contribution in [2.24, 2.45) is 11.8 Å². The van der Waals surface area contributed by atoms with Crippen molar-refractivity contribution >= 4 is 39.8 Å². The molecular formula is C19H20N6O2. The molecule has 138 valence electrons. The number of nitriles is 1. The second-order valence-corrected chi connectivity index (χ2v) is 7.14. The largest absolute Gasteiger partial charge is 0.398 e. The zero-order valence-electron chi connectivity index (χ0n) is 14.9. The minimum absolute atomic E-state index is 0.00800. The number of piperazine rings is 1. The molecule has 8 nitrogen and oxygen atoms in total. The topological polar surface area (TPSA) is 124 Å². The van der Waals surface area contributed by atoms with Gasteiger partial charge in [0.1, 0.15) is 5.82 Å². The van der Waals surface area contributed by atoms with Crippen LogP contribution in [0.25, 0.3) is 10.8 Å². The van der Waals surface area contributed by atoms with E-state index in [1.165, 1.54) is 0 Å². The maximum Gasteiger partial charge on any atom is 0.241 e. The summed E-state index contributed by atoms with van der Waals surface area (Å²) in [6, 6.07) is 7.53. The van der Waals surface area contributed by atoms with Crippen molar-refractivity contribution in [3.05, 3.63) is 24.4 Å². The average molecular weight is 364 g/mol. The minimum atomic E-state index is -0.261. The summed E-state index contributed by atoms with van der Waals surface area (Å²) in [6.07, 6.45) is 2.21. The molecular weight excluding hydrogens is 344 g/mol. The molecule has 2 aromatic rings. The third-order valence-electron chi connectivity index (χ3n) is 5.10. The highest BCUT2D eigenvalue weighted by Crippen LogP contribution is 2.38. The first-order valence-electron chi connectivity index (χ1n) is 8.90. The average Bonchev–Trinajstić information content (AvgIpc) is 3.41. The van der Waals surface area contributed by atoms with E-state index < -0.39 is 0 Å². The number of hydrogen-bond acceptors (Lipinski definition) is 6. The second kappa shape index (κ2) is 6.52. The summed E-state index contributed by atoms with van der Waals surface area (Å²) in [6.45, 7) is 2.98. The normalized spacial score (nSPS) is 24.5. The van der Waals surface area contributed by atoms with E-state index in [1.54, 1.807) is 23.2 Å². The lowest BCUT2D eigenvalue weighted by Crippen LogP contribution is -2.53. The van der Waals surface area contributed by atoms with Crippen LogP contribution in [0.15, 0.2) is 24.4 Å². The van der Waals surface area contributed by atoms with Crippen molar-refractivity contribution in [1.29, 1.82) is 5.26 Å². The molecule has 3 atom stereocenters. The lowest BCUT2D eigenvalue weighted by atomic mass is 10.1. The summed E-state index contributed by atoms with van der Waals surface area (Å²) >= 11 is 0. The standard InChI is InChI=1S/C19H20N6O2/c1-10-7-22-9-18(26)25(10)13-2-11-4-17(23-8-15(11)16(21)5-13)24-19(27)14-3-12(14)6-20/h2,4-5,8,10,12,14,22H,3,7,9,21H2,1H3,(H,23,24,27)/t10?,12-,14+/m0/s1. The van der Waals surface area contributed by atoms with Gasteiger partial charge in [-0.3, -0.25) is 9.59 Å². The van der Waals surface area contributed by atoms with Gasteiger partial charge in [0.05, 0.1) is 24.4 Å². The van der Waals surface area contributed by atoms with Crippen molar-refractivity contribution in [2.75, 3.05) is 29.0 Å². The molecule has 1 aliphatic heterocycles. The SMILES string of the molecule is CC1CNCC(=O)N1c1cc(N)c2cnc(NC(=O)[C@@H]3C[C@H]3C#N)cc2c1. The first-order valence-corrected chi connectivity index (χ1v) is 8.90. The number of amides is 2. The molecule has 1 saturated heterocycles. The quantitative estimate of drug-likeness (QED) is 0.704. The van der Waals surface area contributed by atoms with Crippen LogP contribution in [0.2, 0.25) is 0 Å². The molecule has 2 fully saturated rings. The maximum atomic E-state index is 12.3. The first-order chi connectivity index (χ1) is 13.0. The fourth-order valence-electron chi connectivity index (χ4n) is 3.53. The number of carbonyl (C=O) groups is 2. The number of nitrogens with two attached hydrogens (primary N) is 1. The summed E-state index contributed by atoms with van der Waals surface area (Å²) in [7, 11) is 0. The van der Waals surface area contributed by atoms with E-state index in [2.05, 4.69) is 21.7 Å². The number of nitrogen functional groups attached to an aromatic ring is 1. The van der Waals surface area contributed by atoms with E-state index in [0.717, 1.165) is 16.5 Å². The Kier molecular flexibility index (Phi) is 4.16. The van der Waals surface area contributed by atoms with Gasteiger partial charge in [0.15, 0.2) is 0 Å². The Morgan fingerprint density at radius 3 is 2.96 bits per heavy atom. The number of nitrogens with zero attached hydrogens (tertiary/aromatic N) is 3. The van der Waals surface area contributed by atoms with Gasteiger partial charge >= 0.3 is 0 Å². The molecule has 0 radical (unpaired) electrons. The summed E-state index contributed by atoms with van der Waals surface area (Å²) in [5.74, 6) is -0.252. The lowest BCUT2D eigenvalue weighted by molar-refractivity contribution is -0.119. The predicted molar refractivity (Wildman–Crippen MR) is 102 cm³/mol. The van der Waals surface area contributed by atoms with E-state index in [4.69, 9.17) is 11.0 Å². The van der Waals surface area contributed by atoms with Gasteiger partial charge in [-0.2, -0.15) is 5.26 Å². The van der Waals surface area contributed by atoms with Gasteiger partial charge in [-0.1, -0.05) is 0 Å². The van der Waals surface area contributed by atoms with Crippen LogP contribution in [0.5, 0.6) is 0 Å². The third kappa shape index (κ3) is 3.17. The Morgan fingerprint density at radius 1 is 1.44 bits per heavy atom. The van der Waals surface area contributed by atoms with E-state index in [0.29, 0.717) is 31.0 Å². The number of benzene rings is 1. The summed E-state index contributed by atoms with van der Waals surface area (Å²) in [4.78, 5) is 30.5. The van der Waals surface area contributed by atoms with Gasteiger partial charge in [0.25, 0.3) is 0 Å². The maximum absolute atomic E-state index is 12.3. The Bertz CT molecular complexity index is 982. The highest BCUT2D eigenvalue weighted by Gasteiger charge is 2.43. The van der Waals surface area contributed by atoms with Gasteiger partial charge in [0, 0.05) is 35.5 Å². The number of nitrogens with one attached hydrogen (secondary N) is 2. The Labute approximate surface area is 156 Å². The third-order valence-corrected chi connectivity index (χ3v) is 5.10. The Morgan fingerprint density at radius 2 is 2.26 bits per heavy atom. The zero-order valence-corrected chi connectivity index (χ0v) is 14.9. The molecule has 0 bridgehead atoms. The summed E-state index contributed by atoms with van der Waals surface area (Å²) in [5, 5.41) is 16.3. The molecule has 8 heteroatoms. The number of anilines is 3. The Balaban J connectivity index is 1.65. The van der Waals surface area contributed by atoms with Crippen LogP contribution in [0.3, 0.4) is 0 Å². The minimum Gasteiger partial charge on any atom is -0.398 e. The molecule has 4 N–H and O–H groups in total. The van der Waals surface area contributed by atoms with Gasteiger partial charge in [-0.25, -0.2) is 4.98 Å². The van der Waals surface area contributed by atoms with Crippen molar-refractivity contribution < 1.29 is 9.59 Å². The highest BCUT2D eigenvalue weighted by molar-refractivity contribution is 6.03. The molecule has 2 aliphatic rings. The van der Waals surface area contributed by atoms with E-state index in [-0.39, 0.29) is 29.7 Å². The van der Waals surface area contributed by atoms with Gasteiger partial charge in [-0.15, -0.1) is 0 Å². The molecule has 27 heavy (non-hydrogen) atoms. The Hall–Kier alpha value is -3.18. The van der Waals surface area contributed by atoms with E-state index >= 15 is 0 Å². The number of aromatic nitrogens is 1. The monoisotopic (exact) mass is 364 g/mol. The van der Waals surface area contributed by atoms with Crippen LogP contribution in [0.4, 0.5) is 17.2 Å². The molecule has 1 aromatic carbocycles.